The fraction of sp³-hybridized carbons (Fsp3) is 0.364. The molecule has 86 valence electrons. The van der Waals surface area contributed by atoms with Crippen molar-refractivity contribution in [3.05, 3.63) is 30.1 Å². The first-order chi connectivity index (χ1) is 7.44. The molecule has 0 radical (unpaired) electrons. The van der Waals surface area contributed by atoms with Crippen molar-refractivity contribution in [2.75, 3.05) is 0 Å². The third-order valence-corrected chi connectivity index (χ3v) is 1.66. The summed E-state index contributed by atoms with van der Waals surface area (Å²) in [6, 6.07) is 3.40. The van der Waals surface area contributed by atoms with E-state index in [0.717, 1.165) is 0 Å². The molecule has 0 atom stereocenters. The lowest BCUT2D eigenvalue weighted by molar-refractivity contribution is -0.146. The van der Waals surface area contributed by atoms with Crippen molar-refractivity contribution in [3.63, 3.8) is 0 Å². The maximum atomic E-state index is 11.7. The topological polar surface area (TPSA) is 77.6 Å². The molecule has 0 unspecified atom stereocenters. The van der Waals surface area contributed by atoms with Crippen molar-refractivity contribution >= 4 is 11.7 Å². The Labute approximate surface area is 94.3 Å². The zero-order valence-corrected chi connectivity index (χ0v) is 9.60. The average Bonchev–Trinajstić information content (AvgIpc) is 2.17. The number of hydrazone groups is 1. The minimum Gasteiger partial charge on any atom is -0.455 e. The van der Waals surface area contributed by atoms with Gasteiger partial charge in [-0.25, -0.2) is 4.79 Å². The molecule has 0 spiro atoms. The molecule has 5 nitrogen and oxygen atoms in total. The van der Waals surface area contributed by atoms with Crippen LogP contribution in [-0.2, 0) is 9.53 Å². The van der Waals surface area contributed by atoms with Gasteiger partial charge in [0.25, 0.3) is 0 Å². The zero-order valence-electron chi connectivity index (χ0n) is 9.60. The quantitative estimate of drug-likeness (QED) is 0.351. The van der Waals surface area contributed by atoms with E-state index in [4.69, 9.17) is 10.6 Å². The summed E-state index contributed by atoms with van der Waals surface area (Å²) in [6.45, 7) is 5.34. The Morgan fingerprint density at radius 2 is 2.19 bits per heavy atom. The highest BCUT2D eigenvalue weighted by Crippen LogP contribution is 2.10. The number of aromatic nitrogens is 1. The Morgan fingerprint density at radius 3 is 2.62 bits per heavy atom. The summed E-state index contributed by atoms with van der Waals surface area (Å²) < 4.78 is 5.17. The molecule has 0 aliphatic rings. The molecule has 0 aromatic carbocycles. The van der Waals surface area contributed by atoms with Gasteiger partial charge >= 0.3 is 5.97 Å². The summed E-state index contributed by atoms with van der Waals surface area (Å²) in [6.07, 6.45) is 3.11. The van der Waals surface area contributed by atoms with E-state index >= 15 is 0 Å². The van der Waals surface area contributed by atoms with Crippen LogP contribution in [0.15, 0.2) is 29.6 Å². The number of hydrogen-bond donors (Lipinski definition) is 1. The average molecular weight is 221 g/mol. The lowest BCUT2D eigenvalue weighted by Gasteiger charge is -2.19. The molecule has 0 aliphatic carbocycles. The van der Waals surface area contributed by atoms with Crippen molar-refractivity contribution in [3.8, 4) is 0 Å². The van der Waals surface area contributed by atoms with Crippen LogP contribution in [0.1, 0.15) is 26.3 Å². The van der Waals surface area contributed by atoms with Crippen molar-refractivity contribution < 1.29 is 9.53 Å². The highest BCUT2D eigenvalue weighted by molar-refractivity contribution is 6.43. The molecule has 1 rings (SSSR count). The van der Waals surface area contributed by atoms with Crippen molar-refractivity contribution in [1.82, 2.24) is 4.98 Å². The standard InChI is InChI=1S/C11H15N3O2/c1-11(2,3)16-10(15)9(14-12)8-5-4-6-13-7-8/h4-7H,12H2,1-3H3/b14-9+. The smallest absolute Gasteiger partial charge is 0.359 e. The third-order valence-electron chi connectivity index (χ3n) is 1.66. The number of esters is 1. The molecule has 16 heavy (non-hydrogen) atoms. The van der Waals surface area contributed by atoms with Gasteiger partial charge in [-0.2, -0.15) is 5.10 Å². The van der Waals surface area contributed by atoms with E-state index in [9.17, 15) is 4.79 Å². The summed E-state index contributed by atoms with van der Waals surface area (Å²) in [5, 5.41) is 3.44. The van der Waals surface area contributed by atoms with E-state index < -0.39 is 11.6 Å². The Hall–Kier alpha value is -1.91. The van der Waals surface area contributed by atoms with Crippen LogP contribution in [0.5, 0.6) is 0 Å². The van der Waals surface area contributed by atoms with Gasteiger partial charge in [-0.15, -0.1) is 0 Å². The molecule has 0 bridgehead atoms. The molecular weight excluding hydrogens is 206 g/mol. The molecule has 1 heterocycles. The van der Waals surface area contributed by atoms with Gasteiger partial charge in [0.05, 0.1) is 0 Å². The largest absolute Gasteiger partial charge is 0.455 e. The monoisotopic (exact) mass is 221 g/mol. The van der Waals surface area contributed by atoms with Gasteiger partial charge in [0.15, 0.2) is 5.71 Å². The van der Waals surface area contributed by atoms with Crippen LogP contribution in [0.25, 0.3) is 0 Å². The molecule has 5 heteroatoms. The minimum absolute atomic E-state index is 0.0722. The molecule has 0 saturated carbocycles. The molecular formula is C11H15N3O2. The van der Waals surface area contributed by atoms with Crippen LogP contribution >= 0.6 is 0 Å². The number of carbonyl (C=O) groups excluding carboxylic acids is 1. The fourth-order valence-electron chi connectivity index (χ4n) is 1.07. The Balaban J connectivity index is 2.90. The summed E-state index contributed by atoms with van der Waals surface area (Å²) in [5.41, 5.74) is 0.0390. The normalized spacial score (nSPS) is 12.3. The van der Waals surface area contributed by atoms with Crippen LogP contribution in [0.4, 0.5) is 0 Å². The number of nitrogens with two attached hydrogens (primary N) is 1. The van der Waals surface area contributed by atoms with Crippen LogP contribution in [0, 0.1) is 0 Å². The first-order valence-electron chi connectivity index (χ1n) is 4.85. The second kappa shape index (κ2) is 4.74. The van der Waals surface area contributed by atoms with Gasteiger partial charge in [0.1, 0.15) is 5.60 Å². The van der Waals surface area contributed by atoms with Crippen molar-refractivity contribution in [1.29, 1.82) is 0 Å². The molecule has 0 aliphatic heterocycles. The summed E-state index contributed by atoms with van der Waals surface area (Å²) in [5.74, 6) is 4.63. The van der Waals surface area contributed by atoms with Crippen LogP contribution in [0.3, 0.4) is 0 Å². The maximum Gasteiger partial charge on any atom is 0.359 e. The highest BCUT2D eigenvalue weighted by atomic mass is 16.6. The van der Waals surface area contributed by atoms with Gasteiger partial charge < -0.3 is 10.6 Å². The van der Waals surface area contributed by atoms with E-state index in [1.165, 1.54) is 6.20 Å². The SMILES string of the molecule is CC(C)(C)OC(=O)/C(=N/N)c1cccnc1. The van der Waals surface area contributed by atoms with E-state index in [2.05, 4.69) is 10.1 Å². The Kier molecular flexibility index (Phi) is 3.60. The van der Waals surface area contributed by atoms with Gasteiger partial charge in [0, 0.05) is 18.0 Å². The van der Waals surface area contributed by atoms with E-state index in [1.54, 1.807) is 39.1 Å². The summed E-state index contributed by atoms with van der Waals surface area (Å²) >= 11 is 0. The molecule has 1 aromatic heterocycles. The minimum atomic E-state index is -0.574. The molecule has 0 saturated heterocycles. The summed E-state index contributed by atoms with van der Waals surface area (Å²) in [4.78, 5) is 15.6. The number of carbonyl (C=O) groups is 1. The Bertz CT molecular complexity index is 393. The first kappa shape index (κ1) is 12.2. The van der Waals surface area contributed by atoms with Gasteiger partial charge in [-0.1, -0.05) is 0 Å². The molecule has 2 N–H and O–H groups in total. The Morgan fingerprint density at radius 1 is 1.50 bits per heavy atom. The van der Waals surface area contributed by atoms with E-state index in [0.29, 0.717) is 5.56 Å². The maximum absolute atomic E-state index is 11.7. The third kappa shape index (κ3) is 3.34. The van der Waals surface area contributed by atoms with E-state index in [-0.39, 0.29) is 5.71 Å². The van der Waals surface area contributed by atoms with E-state index in [1.807, 2.05) is 0 Å². The van der Waals surface area contributed by atoms with Crippen LogP contribution < -0.4 is 5.84 Å². The van der Waals surface area contributed by atoms with Crippen LogP contribution in [0.2, 0.25) is 0 Å². The summed E-state index contributed by atoms with van der Waals surface area (Å²) in [7, 11) is 0. The second-order valence-electron chi connectivity index (χ2n) is 4.22. The molecule has 0 fully saturated rings. The van der Waals surface area contributed by atoms with Gasteiger partial charge in [-0.3, -0.25) is 4.98 Å². The second-order valence-corrected chi connectivity index (χ2v) is 4.22. The highest BCUT2D eigenvalue weighted by Gasteiger charge is 2.22. The first-order valence-corrected chi connectivity index (χ1v) is 4.85. The predicted octanol–water partition coefficient (Wildman–Crippen LogP) is 1.09. The van der Waals surface area contributed by atoms with Gasteiger partial charge in [-0.05, 0) is 32.9 Å². The number of ether oxygens (including phenoxy) is 1. The number of rotatable bonds is 2. The fourth-order valence-corrected chi connectivity index (χ4v) is 1.07. The number of nitrogens with zero attached hydrogens (tertiary/aromatic N) is 2. The zero-order chi connectivity index (χ0) is 12.2. The number of hydrogen-bond acceptors (Lipinski definition) is 5. The predicted molar refractivity (Wildman–Crippen MR) is 60.8 cm³/mol. The van der Waals surface area contributed by atoms with Gasteiger partial charge in [0.2, 0.25) is 0 Å². The lowest BCUT2D eigenvalue weighted by atomic mass is 10.1. The van der Waals surface area contributed by atoms with Crippen LogP contribution in [-0.4, -0.2) is 22.3 Å². The lowest BCUT2D eigenvalue weighted by Crippen LogP contribution is -2.30. The number of pyridine rings is 1. The van der Waals surface area contributed by atoms with Crippen molar-refractivity contribution in [2.45, 2.75) is 26.4 Å². The van der Waals surface area contributed by atoms with Crippen molar-refractivity contribution in [2.24, 2.45) is 10.9 Å². The molecule has 1 aromatic rings. The molecule has 0 amide bonds.